The third-order valence-electron chi connectivity index (χ3n) is 12.9. The van der Waals surface area contributed by atoms with Crippen molar-refractivity contribution < 1.29 is 95.7 Å². The van der Waals surface area contributed by atoms with Crippen molar-refractivity contribution in [3.05, 3.63) is 93.2 Å². The van der Waals surface area contributed by atoms with Crippen molar-refractivity contribution >= 4 is 76.2 Å². The summed E-state index contributed by atoms with van der Waals surface area (Å²) in [5, 5.41) is 26.9. The number of aromatic nitrogens is 3. The van der Waals surface area contributed by atoms with Gasteiger partial charge >= 0.3 is 29.8 Å². The summed E-state index contributed by atoms with van der Waals surface area (Å²) in [6.07, 6.45) is -1.25. The molecule has 8 N–H and O–H groups in total. The minimum absolute atomic E-state index is 0.0124. The summed E-state index contributed by atoms with van der Waals surface area (Å²) in [7, 11) is 4.40. The minimum atomic E-state index is -1.36. The number of anilines is 1. The average molecular weight is 1220 g/mol. The Morgan fingerprint density at radius 1 is 0.793 bits per heavy atom. The van der Waals surface area contributed by atoms with E-state index in [1.54, 1.807) is 31.5 Å². The SMILES string of the molecule is COC(=O)CC[C@H](NC(=O)c1cc(C(=O)NCCNC(=O)c2cccc(OCC(N=[N+]=[N-])OCCOCC(=O)NCc3cn([C@H]4C[C@H](OC(=O)C(C)(C)C)[C@@H](CO)O4)c4ncnc(N)c34)c2)cc(C(=O)N[C@@H](CCC(=O)OC)C(=O)OC)c1)C(=O)OC. The number of amides is 5. The normalized spacial score (nSPS) is 15.5. The van der Waals surface area contributed by atoms with Gasteiger partial charge in [0.2, 0.25) is 5.91 Å². The number of rotatable bonds is 32. The Morgan fingerprint density at radius 3 is 1.93 bits per heavy atom. The summed E-state index contributed by atoms with van der Waals surface area (Å²) in [6.45, 7) is 3.51. The van der Waals surface area contributed by atoms with Crippen LogP contribution in [0.15, 0.2) is 60.1 Å². The first-order valence-corrected chi connectivity index (χ1v) is 27.0. The van der Waals surface area contributed by atoms with Crippen molar-refractivity contribution in [2.24, 2.45) is 10.5 Å². The number of nitrogens with two attached hydrogens (primary N) is 1. The molecular weight excluding hydrogens is 1150 g/mol. The van der Waals surface area contributed by atoms with Crippen LogP contribution in [0.25, 0.3) is 21.5 Å². The van der Waals surface area contributed by atoms with Gasteiger partial charge in [-0.25, -0.2) is 19.6 Å². The van der Waals surface area contributed by atoms with Gasteiger partial charge in [0.25, 0.3) is 23.6 Å². The van der Waals surface area contributed by atoms with Crippen LogP contribution in [-0.4, -0.2) is 184 Å². The Hall–Kier alpha value is -9.49. The lowest BCUT2D eigenvalue weighted by molar-refractivity contribution is -0.162. The number of aliphatic hydroxyl groups excluding tert-OH is 1. The first kappa shape index (κ1) is 68.3. The maximum absolute atomic E-state index is 13.6. The molecule has 32 heteroatoms. The molecule has 2 aromatic heterocycles. The first-order valence-electron chi connectivity index (χ1n) is 27.0. The van der Waals surface area contributed by atoms with Crippen LogP contribution >= 0.6 is 0 Å². The molecule has 2 aromatic carbocycles. The van der Waals surface area contributed by atoms with Gasteiger partial charge in [-0.2, -0.15) is 0 Å². The summed E-state index contributed by atoms with van der Waals surface area (Å²) in [5.74, 6) is -7.15. The minimum Gasteiger partial charge on any atom is -0.491 e. The van der Waals surface area contributed by atoms with E-state index in [4.69, 9.17) is 38.9 Å². The van der Waals surface area contributed by atoms with E-state index in [-0.39, 0.29) is 112 Å². The predicted octanol–water partition coefficient (Wildman–Crippen LogP) is 1.23. The smallest absolute Gasteiger partial charge is 0.328 e. The highest BCUT2D eigenvalue weighted by atomic mass is 16.6. The van der Waals surface area contributed by atoms with Crippen molar-refractivity contribution in [3.8, 4) is 5.75 Å². The van der Waals surface area contributed by atoms with Gasteiger partial charge in [-0.3, -0.25) is 38.4 Å². The van der Waals surface area contributed by atoms with Crippen LogP contribution in [0.1, 0.15) is 106 Å². The Morgan fingerprint density at radius 2 is 1.38 bits per heavy atom. The van der Waals surface area contributed by atoms with E-state index in [2.05, 4.69) is 56.1 Å². The van der Waals surface area contributed by atoms with Crippen molar-refractivity contribution in [1.29, 1.82) is 0 Å². The van der Waals surface area contributed by atoms with Gasteiger partial charge in [0.05, 0.1) is 59.1 Å². The van der Waals surface area contributed by atoms with Crippen LogP contribution in [0.5, 0.6) is 5.75 Å². The van der Waals surface area contributed by atoms with Gasteiger partial charge in [-0.15, -0.1) is 0 Å². The number of hydrogen-bond donors (Lipinski definition) is 7. The van der Waals surface area contributed by atoms with Crippen LogP contribution in [0.2, 0.25) is 0 Å². The van der Waals surface area contributed by atoms with E-state index in [0.717, 1.165) is 46.6 Å². The number of ether oxygens (including phenoxy) is 9. The number of nitrogens with one attached hydrogen (secondary N) is 5. The van der Waals surface area contributed by atoms with Gasteiger partial charge in [0, 0.05) is 77.8 Å². The highest BCUT2D eigenvalue weighted by Gasteiger charge is 2.41. The molecule has 1 aliphatic rings. The van der Waals surface area contributed by atoms with E-state index >= 15 is 0 Å². The molecule has 3 heterocycles. The molecule has 32 nitrogen and oxygen atoms in total. The topological polar surface area (TPSA) is 440 Å². The third-order valence-corrected chi connectivity index (χ3v) is 12.9. The zero-order chi connectivity index (χ0) is 63.8. The van der Waals surface area contributed by atoms with Crippen molar-refractivity contribution in [2.75, 3.05) is 80.3 Å². The van der Waals surface area contributed by atoms with Crippen LogP contribution in [0.3, 0.4) is 0 Å². The Kier molecular flexibility index (Phi) is 26.1. The maximum atomic E-state index is 13.6. The van der Waals surface area contributed by atoms with E-state index in [1.165, 1.54) is 30.6 Å². The number of esters is 5. The fourth-order valence-electron chi connectivity index (χ4n) is 8.30. The predicted molar refractivity (Wildman–Crippen MR) is 301 cm³/mol. The maximum Gasteiger partial charge on any atom is 0.328 e. The number of nitrogen functional groups attached to an aromatic ring is 1. The molecule has 4 aromatic rings. The summed E-state index contributed by atoms with van der Waals surface area (Å²) in [6, 6.07) is 6.48. The molecule has 5 amide bonds. The summed E-state index contributed by atoms with van der Waals surface area (Å²) in [5.41, 5.74) is 14.9. The fourth-order valence-corrected chi connectivity index (χ4v) is 8.30. The van der Waals surface area contributed by atoms with Crippen LogP contribution in [0.4, 0.5) is 5.82 Å². The summed E-state index contributed by atoms with van der Waals surface area (Å²) in [4.78, 5) is 140. The van der Waals surface area contributed by atoms with Gasteiger partial charge in [-0.05, 0) is 75.5 Å². The lowest BCUT2D eigenvalue weighted by Crippen LogP contribution is -2.43. The zero-order valence-corrected chi connectivity index (χ0v) is 48.8. The van der Waals surface area contributed by atoms with Crippen LogP contribution < -0.4 is 37.1 Å². The number of carbonyl (C=O) groups excluding carboxylic acids is 10. The number of nitrogens with zero attached hydrogens (tertiary/aromatic N) is 6. The van der Waals surface area contributed by atoms with Gasteiger partial charge < -0.3 is 84.6 Å². The third kappa shape index (κ3) is 20.3. The molecule has 0 spiro atoms. The van der Waals surface area contributed by atoms with E-state index < -0.39 is 108 Å². The molecule has 1 unspecified atom stereocenters. The van der Waals surface area contributed by atoms with Gasteiger partial charge in [0.15, 0.2) is 6.23 Å². The first-order chi connectivity index (χ1) is 41.5. The second kappa shape index (κ2) is 33.3. The molecule has 0 bridgehead atoms. The number of benzene rings is 2. The number of aliphatic hydroxyl groups is 1. The number of fused-ring (bicyclic) bond motifs is 1. The standard InChI is InChI=1S/C55H70N12O20/c1-55(2,3)54(78)87-38-23-42(86-39(38)26-68)67-25-34(45-46(56)61-29-62-47(45)67)24-60-40(69)27-83-17-18-84-41(65-66-57)28-85-35-10-8-9-30(22-35)48(72)58-15-16-59-49(73)31-19-32(50(74)63-36(52(76)81-6)11-13-43(70)79-4)21-33(20-31)51(75)64-37(53(77)82-7)12-14-44(71)80-5/h8-10,19-22,25,29,36-39,41-42,68H,11-18,23-24,26-28H2,1-7H3,(H,58,72)(H,59,73)(H,60,69)(H,63,74)(H,64,75)(H2,56,61,62)/t36-,37-,38-,39+,41?,42+/m0/s1. The van der Waals surface area contributed by atoms with Crippen molar-refractivity contribution in [1.82, 2.24) is 41.1 Å². The number of azide groups is 1. The molecule has 1 aliphatic heterocycles. The summed E-state index contributed by atoms with van der Waals surface area (Å²) < 4.78 is 49.1. The molecule has 87 heavy (non-hydrogen) atoms. The van der Waals surface area contributed by atoms with Crippen LogP contribution in [-0.2, 0) is 73.2 Å². The average Bonchev–Trinajstić information content (AvgIpc) is 1.68. The largest absolute Gasteiger partial charge is 0.491 e. The Labute approximate surface area is 497 Å². The fraction of sp³-hybridized carbons (Fsp3) is 0.491. The number of methoxy groups -OCH3 is 4. The number of carbonyl (C=O) groups is 10. The quantitative estimate of drug-likeness (QED) is 0.00902. The highest BCUT2D eigenvalue weighted by Crippen LogP contribution is 2.36. The molecule has 0 aliphatic carbocycles. The molecule has 1 saturated heterocycles. The molecule has 5 rings (SSSR count). The highest BCUT2D eigenvalue weighted by molar-refractivity contribution is 6.06. The van der Waals surface area contributed by atoms with Gasteiger partial charge in [-0.1, -0.05) is 11.2 Å². The van der Waals surface area contributed by atoms with Gasteiger partial charge in [0.1, 0.15) is 67.3 Å². The summed E-state index contributed by atoms with van der Waals surface area (Å²) >= 11 is 0. The Balaban J connectivity index is 1.11. The monoisotopic (exact) mass is 1220 g/mol. The molecular formula is C55H70N12O20. The second-order valence-corrected chi connectivity index (χ2v) is 20.1. The van der Waals surface area contributed by atoms with E-state index in [0.29, 0.717) is 16.6 Å². The number of hydrogen-bond acceptors (Lipinski definition) is 24. The molecule has 1 fully saturated rings. The zero-order valence-electron chi connectivity index (χ0n) is 48.8. The van der Waals surface area contributed by atoms with Crippen LogP contribution in [0, 0.1) is 5.41 Å². The second-order valence-electron chi connectivity index (χ2n) is 20.1. The molecule has 0 radical (unpaired) electrons. The molecule has 470 valence electrons. The lowest BCUT2D eigenvalue weighted by atomic mass is 9.97. The molecule has 0 saturated carbocycles. The van der Waals surface area contributed by atoms with E-state index in [1.807, 2.05) is 0 Å². The molecule has 6 atom stereocenters. The van der Waals surface area contributed by atoms with E-state index in [9.17, 15) is 58.6 Å². The van der Waals surface area contributed by atoms with Crippen molar-refractivity contribution in [2.45, 2.75) is 96.2 Å². The Bertz CT molecular complexity index is 3110. The van der Waals surface area contributed by atoms with Crippen molar-refractivity contribution in [3.63, 3.8) is 0 Å². The lowest BCUT2D eigenvalue weighted by Gasteiger charge is -2.22.